The van der Waals surface area contributed by atoms with Crippen LogP contribution in [0.3, 0.4) is 0 Å². The van der Waals surface area contributed by atoms with Crippen LogP contribution in [0.4, 0.5) is 4.79 Å². The van der Waals surface area contributed by atoms with E-state index in [2.05, 4.69) is 10.1 Å². The molecule has 4 aliphatic rings. The van der Waals surface area contributed by atoms with Crippen LogP contribution in [0.1, 0.15) is 69.1 Å². The summed E-state index contributed by atoms with van der Waals surface area (Å²) in [6.07, 6.45) is 12.4. The number of hydrogen-bond donors (Lipinski definition) is 5. The molecule has 3 amide bonds. The van der Waals surface area contributed by atoms with E-state index in [9.17, 15) is 24.3 Å². The fraction of sp³-hybridized carbons (Fsp3) is 0.643. The van der Waals surface area contributed by atoms with Crippen molar-refractivity contribution in [3.8, 4) is 0 Å². The predicted molar refractivity (Wildman–Crippen MR) is 161 cm³/mol. The summed E-state index contributed by atoms with van der Waals surface area (Å²) >= 11 is 2.60. The third-order valence-corrected chi connectivity index (χ3v) is 9.81. The van der Waals surface area contributed by atoms with Crippen LogP contribution in [0.2, 0.25) is 0 Å². The van der Waals surface area contributed by atoms with E-state index in [4.69, 9.17) is 21.9 Å². The van der Waals surface area contributed by atoms with E-state index in [-0.39, 0.29) is 30.1 Å². The summed E-state index contributed by atoms with van der Waals surface area (Å²) in [4.78, 5) is 49.6. The number of nitrogens with zero attached hydrogens (tertiary/aromatic N) is 1. The number of ether oxygens (including phenoxy) is 2. The molecular weight excluding hydrogens is 582 g/mol. The highest BCUT2D eigenvalue weighted by atomic mass is 32.2. The Kier molecular flexibility index (Phi) is 13.1. The maximum atomic E-state index is 12.8. The maximum Gasteiger partial charge on any atom is 0.404 e. The normalized spacial score (nSPS) is 24.2. The number of primary amides is 1. The largest absolute Gasteiger partial charge is 0.477 e. The summed E-state index contributed by atoms with van der Waals surface area (Å²) in [5.74, 6) is -2.31. The summed E-state index contributed by atoms with van der Waals surface area (Å²) in [5.41, 5.74) is 14.5. The number of hydrogen-bond acceptors (Lipinski definition) is 10. The van der Waals surface area contributed by atoms with E-state index in [0.29, 0.717) is 12.1 Å². The van der Waals surface area contributed by atoms with Gasteiger partial charge in [0.25, 0.3) is 11.6 Å². The maximum absolute atomic E-state index is 12.8. The summed E-state index contributed by atoms with van der Waals surface area (Å²) < 4.78 is 10.0. The highest BCUT2D eigenvalue weighted by molar-refractivity contribution is 8.00. The number of amides is 3. The number of methoxy groups -OCH3 is 1. The lowest BCUT2D eigenvalue weighted by molar-refractivity contribution is -0.192. The Morgan fingerprint density at radius 3 is 2.10 bits per heavy atom. The summed E-state index contributed by atoms with van der Waals surface area (Å²) in [5, 5.41) is 13.2. The van der Waals surface area contributed by atoms with Crippen molar-refractivity contribution >= 4 is 47.0 Å². The zero-order valence-corrected chi connectivity index (χ0v) is 25.7. The van der Waals surface area contributed by atoms with Gasteiger partial charge in [-0.05, 0) is 37.1 Å². The minimum absolute atomic E-state index is 0.0762. The molecule has 3 fully saturated rings. The number of carbonyl (C=O) groups excluding carboxylic acids is 3. The molecule has 1 aromatic rings. The molecule has 0 bridgehead atoms. The van der Waals surface area contributed by atoms with Crippen molar-refractivity contribution < 1.29 is 33.8 Å². The Morgan fingerprint density at radius 1 is 1.07 bits per heavy atom. The average Bonchev–Trinajstić information content (AvgIpc) is 3.48. The number of thiophene rings is 1. The summed E-state index contributed by atoms with van der Waals surface area (Å²) in [6, 6.07) is 4.68. The molecule has 2 atom stereocenters. The van der Waals surface area contributed by atoms with Gasteiger partial charge in [0.15, 0.2) is 0 Å². The lowest BCUT2D eigenvalue weighted by Gasteiger charge is -2.55. The van der Waals surface area contributed by atoms with Crippen molar-refractivity contribution in [3.05, 3.63) is 33.7 Å². The van der Waals surface area contributed by atoms with Gasteiger partial charge in [-0.1, -0.05) is 44.6 Å². The molecule has 3 heterocycles. The third kappa shape index (κ3) is 8.93. The number of fused-ring (bicyclic) bond motifs is 1. The van der Waals surface area contributed by atoms with Crippen LogP contribution in [-0.2, 0) is 30.3 Å². The van der Waals surface area contributed by atoms with Crippen LogP contribution in [0.5, 0.6) is 0 Å². The quantitative estimate of drug-likeness (QED) is 0.222. The van der Waals surface area contributed by atoms with Gasteiger partial charge in [-0.3, -0.25) is 14.5 Å². The molecule has 0 aromatic carbocycles. The minimum atomic E-state index is -1.66. The summed E-state index contributed by atoms with van der Waals surface area (Å²) in [7, 11) is 1.27. The second-order valence-corrected chi connectivity index (χ2v) is 12.8. The van der Waals surface area contributed by atoms with Crippen LogP contribution < -0.4 is 22.5 Å². The van der Waals surface area contributed by atoms with Crippen LogP contribution in [0.25, 0.3) is 0 Å². The zero-order chi connectivity index (χ0) is 30.7. The van der Waals surface area contributed by atoms with Crippen molar-refractivity contribution in [3.63, 3.8) is 0 Å². The number of carboxylic acid groups (broad SMARTS) is 1. The fourth-order valence-corrected chi connectivity index (χ4v) is 7.43. The second-order valence-electron chi connectivity index (χ2n) is 10.7. The molecule has 12 nitrogen and oxygen atoms in total. The molecule has 0 spiro atoms. The van der Waals surface area contributed by atoms with E-state index in [1.165, 1.54) is 94.4 Å². The SMILES string of the molecule is COC1(NC(=O)Cc2cccs2)C(=O)N2C(C(=O)O)=C(COC(N)=O)CS[C@@H]21.NC1CCCCC1.NC1CCCCC1. The number of rotatable bonds is 7. The molecule has 234 valence electrons. The lowest BCUT2D eigenvalue weighted by Crippen LogP contribution is -2.80. The number of thioether (sulfide) groups is 1. The van der Waals surface area contributed by atoms with Gasteiger partial charge in [0.1, 0.15) is 17.7 Å². The zero-order valence-electron chi connectivity index (χ0n) is 24.0. The van der Waals surface area contributed by atoms with Crippen molar-refractivity contribution in [1.82, 2.24) is 10.2 Å². The molecule has 2 aliphatic heterocycles. The van der Waals surface area contributed by atoms with Crippen LogP contribution >= 0.6 is 23.1 Å². The van der Waals surface area contributed by atoms with E-state index in [1.807, 2.05) is 11.4 Å². The lowest BCUT2D eigenvalue weighted by atomic mass is 9.97. The Hall–Kier alpha value is -2.65. The van der Waals surface area contributed by atoms with Gasteiger partial charge in [-0.25, -0.2) is 9.59 Å². The minimum Gasteiger partial charge on any atom is -0.477 e. The number of nitrogens with two attached hydrogens (primary N) is 3. The molecule has 2 aliphatic carbocycles. The van der Waals surface area contributed by atoms with Crippen molar-refractivity contribution in [2.24, 2.45) is 17.2 Å². The highest BCUT2D eigenvalue weighted by Gasteiger charge is 2.66. The number of carboxylic acids is 1. The Morgan fingerprint density at radius 2 is 1.67 bits per heavy atom. The predicted octanol–water partition coefficient (Wildman–Crippen LogP) is 2.65. The van der Waals surface area contributed by atoms with E-state index < -0.39 is 35.0 Å². The molecule has 2 saturated carbocycles. The van der Waals surface area contributed by atoms with Crippen LogP contribution in [0.15, 0.2) is 28.8 Å². The first kappa shape index (κ1) is 33.8. The number of nitrogens with one attached hydrogen (secondary N) is 1. The average molecular weight is 626 g/mol. The van der Waals surface area contributed by atoms with Crippen molar-refractivity contribution in [1.29, 1.82) is 0 Å². The molecular formula is C28H43N5O7S2. The molecule has 8 N–H and O–H groups in total. The molecule has 1 aromatic heterocycles. The summed E-state index contributed by atoms with van der Waals surface area (Å²) in [6.45, 7) is -0.342. The topological polar surface area (TPSA) is 200 Å². The Balaban J connectivity index is 0.000000280. The van der Waals surface area contributed by atoms with Gasteiger partial charge in [0, 0.05) is 35.4 Å². The van der Waals surface area contributed by atoms with Crippen molar-refractivity contribution in [2.75, 3.05) is 19.5 Å². The van der Waals surface area contributed by atoms with Gasteiger partial charge in [-0.15, -0.1) is 23.1 Å². The van der Waals surface area contributed by atoms with Crippen LogP contribution in [-0.4, -0.2) is 76.5 Å². The van der Waals surface area contributed by atoms with Gasteiger partial charge in [-0.2, -0.15) is 0 Å². The van der Waals surface area contributed by atoms with Gasteiger partial charge in [0.05, 0.1) is 6.42 Å². The van der Waals surface area contributed by atoms with Gasteiger partial charge < -0.3 is 37.1 Å². The van der Waals surface area contributed by atoms with E-state index in [0.717, 1.165) is 9.78 Å². The monoisotopic (exact) mass is 625 g/mol. The Labute approximate surface area is 254 Å². The van der Waals surface area contributed by atoms with Gasteiger partial charge >= 0.3 is 12.1 Å². The fourth-order valence-electron chi connectivity index (χ4n) is 5.30. The van der Waals surface area contributed by atoms with Crippen LogP contribution in [0, 0.1) is 0 Å². The van der Waals surface area contributed by atoms with E-state index in [1.54, 1.807) is 6.07 Å². The molecule has 0 radical (unpaired) electrons. The third-order valence-electron chi connectivity index (χ3n) is 7.56. The molecule has 1 saturated heterocycles. The Bertz CT molecular complexity index is 1090. The smallest absolute Gasteiger partial charge is 0.404 e. The second kappa shape index (κ2) is 16.3. The number of aliphatic carboxylic acids is 1. The molecule has 42 heavy (non-hydrogen) atoms. The first-order chi connectivity index (χ1) is 20.1. The standard InChI is InChI=1S/C16H17N3O7S2.2C6H13N/c1-25-16(18-10(20)5-9-3-2-4-27-9)13(23)19-11(12(21)22)8(6-26-15(17)24)7-28-14(16)19;2*7-6-4-2-1-3-5-6/h2-4,14H,5-7H2,1H3,(H2,17,24)(H,18,20)(H,21,22);2*6H,1-5,7H2/t14-,16?;;/m1../s1. The highest BCUT2D eigenvalue weighted by Crippen LogP contribution is 2.46. The van der Waals surface area contributed by atoms with Crippen molar-refractivity contribution in [2.45, 2.75) is 93.8 Å². The number of β-lactam (4-membered cyclic amide) rings is 1. The number of carbonyl (C=O) groups is 4. The van der Waals surface area contributed by atoms with E-state index >= 15 is 0 Å². The molecule has 1 unspecified atom stereocenters. The molecule has 14 heteroatoms. The van der Waals surface area contributed by atoms with Gasteiger partial charge in [0.2, 0.25) is 5.91 Å². The first-order valence-corrected chi connectivity index (χ1v) is 16.2. The molecule has 5 rings (SSSR count). The first-order valence-electron chi connectivity index (χ1n) is 14.3.